The maximum atomic E-state index is 10.8. The number of hydrogen-bond acceptors (Lipinski definition) is 3. The predicted molar refractivity (Wildman–Crippen MR) is 61.2 cm³/mol. The Kier molecular flexibility index (Phi) is 2.44. The molecular formula is C10H8ClNOS. The van der Waals surface area contributed by atoms with Crippen LogP contribution in [0.1, 0.15) is 15.9 Å². The molecule has 0 aliphatic heterocycles. The molecule has 2 rings (SSSR count). The average molecular weight is 226 g/mol. The van der Waals surface area contributed by atoms with Gasteiger partial charge in [0.25, 0.3) is 0 Å². The van der Waals surface area contributed by atoms with Gasteiger partial charge in [0.05, 0.1) is 5.00 Å². The van der Waals surface area contributed by atoms with Gasteiger partial charge in [-0.2, -0.15) is 0 Å². The molecule has 0 bridgehead atoms. The summed E-state index contributed by atoms with van der Waals surface area (Å²) in [6.45, 7) is 0. The Hall–Kier alpha value is -1.06. The molecule has 1 heterocycles. The van der Waals surface area contributed by atoms with Crippen LogP contribution in [0.5, 0.6) is 0 Å². The molecule has 0 aliphatic rings. The fourth-order valence-electron chi connectivity index (χ4n) is 1.42. The Morgan fingerprint density at radius 1 is 1.43 bits per heavy atom. The van der Waals surface area contributed by atoms with Gasteiger partial charge in [0.2, 0.25) is 0 Å². The molecule has 0 aliphatic carbocycles. The van der Waals surface area contributed by atoms with Crippen molar-refractivity contribution < 1.29 is 4.79 Å². The first-order chi connectivity index (χ1) is 6.74. The van der Waals surface area contributed by atoms with Crippen molar-refractivity contribution in [3.05, 3.63) is 29.3 Å². The van der Waals surface area contributed by atoms with Crippen molar-refractivity contribution in [2.45, 2.75) is 5.88 Å². The summed E-state index contributed by atoms with van der Waals surface area (Å²) in [4.78, 5) is 10.8. The minimum absolute atomic E-state index is 0.411. The first kappa shape index (κ1) is 9.49. The normalized spacial score (nSPS) is 10.6. The fourth-order valence-corrected chi connectivity index (χ4v) is 2.50. The van der Waals surface area contributed by atoms with Gasteiger partial charge < -0.3 is 5.73 Å². The van der Waals surface area contributed by atoms with E-state index >= 15 is 0 Å². The number of nitrogens with two attached hydrogens (primary N) is 1. The van der Waals surface area contributed by atoms with Crippen molar-refractivity contribution in [2.75, 3.05) is 5.73 Å². The third-order valence-electron chi connectivity index (χ3n) is 2.03. The highest BCUT2D eigenvalue weighted by Gasteiger charge is 2.06. The van der Waals surface area contributed by atoms with Crippen molar-refractivity contribution in [2.24, 2.45) is 0 Å². The number of aldehydes is 1. The number of alkyl halides is 1. The molecule has 0 fully saturated rings. The van der Waals surface area contributed by atoms with Gasteiger partial charge in [0, 0.05) is 21.5 Å². The summed E-state index contributed by atoms with van der Waals surface area (Å²) in [6, 6.07) is 5.59. The van der Waals surface area contributed by atoms with E-state index in [0.29, 0.717) is 11.4 Å². The Bertz CT molecular complexity index is 492. The number of hydrogen-bond donors (Lipinski definition) is 1. The van der Waals surface area contributed by atoms with Crippen molar-refractivity contribution in [1.82, 2.24) is 0 Å². The van der Waals surface area contributed by atoms with E-state index < -0.39 is 0 Å². The summed E-state index contributed by atoms with van der Waals surface area (Å²) in [7, 11) is 0. The third kappa shape index (κ3) is 1.49. The number of thiophene rings is 1. The second kappa shape index (κ2) is 3.59. The molecule has 1 aromatic heterocycles. The Morgan fingerprint density at radius 3 is 2.86 bits per heavy atom. The van der Waals surface area contributed by atoms with Crippen LogP contribution in [0, 0.1) is 0 Å². The molecule has 0 saturated heterocycles. The SMILES string of the molecule is Nc1cc2c(C=O)cc(CCl)cc2s1. The van der Waals surface area contributed by atoms with Gasteiger partial charge in [-0.05, 0) is 23.8 Å². The van der Waals surface area contributed by atoms with E-state index in [0.717, 1.165) is 26.9 Å². The minimum Gasteiger partial charge on any atom is -0.391 e. The van der Waals surface area contributed by atoms with Crippen LogP contribution in [0.25, 0.3) is 10.1 Å². The van der Waals surface area contributed by atoms with Crippen LogP contribution in [-0.4, -0.2) is 6.29 Å². The van der Waals surface area contributed by atoms with Gasteiger partial charge in [-0.3, -0.25) is 4.79 Å². The zero-order chi connectivity index (χ0) is 10.1. The number of carbonyl (C=O) groups is 1. The minimum atomic E-state index is 0.411. The number of rotatable bonds is 2. The summed E-state index contributed by atoms with van der Waals surface area (Å²) in [5, 5.41) is 1.63. The standard InChI is InChI=1S/C10H8ClNOS/c11-4-6-1-7(5-13)8-3-10(12)14-9(8)2-6/h1-3,5H,4,12H2. The molecule has 0 unspecified atom stereocenters. The zero-order valence-electron chi connectivity index (χ0n) is 7.29. The highest BCUT2D eigenvalue weighted by molar-refractivity contribution is 7.22. The van der Waals surface area contributed by atoms with Crippen LogP contribution < -0.4 is 5.73 Å². The second-order valence-corrected chi connectivity index (χ2v) is 4.38. The molecule has 0 spiro atoms. The number of carbonyl (C=O) groups excluding carboxylic acids is 1. The van der Waals surface area contributed by atoms with Gasteiger partial charge in [0.15, 0.2) is 6.29 Å². The molecule has 0 atom stereocenters. The predicted octanol–water partition coefficient (Wildman–Crippen LogP) is 3.03. The van der Waals surface area contributed by atoms with Gasteiger partial charge in [0.1, 0.15) is 0 Å². The van der Waals surface area contributed by atoms with Crippen LogP contribution in [0.4, 0.5) is 5.00 Å². The lowest BCUT2D eigenvalue weighted by Gasteiger charge is -1.98. The molecular weight excluding hydrogens is 218 g/mol. The summed E-state index contributed by atoms with van der Waals surface area (Å²) >= 11 is 7.19. The van der Waals surface area contributed by atoms with E-state index in [1.165, 1.54) is 11.3 Å². The quantitative estimate of drug-likeness (QED) is 0.631. The first-order valence-electron chi connectivity index (χ1n) is 4.07. The Labute approximate surface area is 90.3 Å². The number of anilines is 1. The lowest BCUT2D eigenvalue weighted by Crippen LogP contribution is -1.84. The molecule has 1 aromatic carbocycles. The van der Waals surface area contributed by atoms with Crippen LogP contribution in [0.15, 0.2) is 18.2 Å². The van der Waals surface area contributed by atoms with E-state index in [1.54, 1.807) is 6.07 Å². The van der Waals surface area contributed by atoms with E-state index in [4.69, 9.17) is 17.3 Å². The average Bonchev–Trinajstić information content (AvgIpc) is 2.56. The molecule has 2 nitrogen and oxygen atoms in total. The molecule has 14 heavy (non-hydrogen) atoms. The van der Waals surface area contributed by atoms with Gasteiger partial charge >= 0.3 is 0 Å². The van der Waals surface area contributed by atoms with E-state index in [1.807, 2.05) is 12.1 Å². The smallest absolute Gasteiger partial charge is 0.150 e. The van der Waals surface area contributed by atoms with Crippen molar-refractivity contribution in [1.29, 1.82) is 0 Å². The van der Waals surface area contributed by atoms with Crippen molar-refractivity contribution in [3.63, 3.8) is 0 Å². The number of fused-ring (bicyclic) bond motifs is 1. The number of benzene rings is 1. The van der Waals surface area contributed by atoms with Gasteiger partial charge in [-0.1, -0.05) is 0 Å². The lowest BCUT2D eigenvalue weighted by atomic mass is 10.1. The Balaban J connectivity index is 2.78. The maximum absolute atomic E-state index is 10.8. The van der Waals surface area contributed by atoms with E-state index in [-0.39, 0.29) is 0 Å². The van der Waals surface area contributed by atoms with Crippen molar-refractivity contribution >= 4 is 44.3 Å². The molecule has 0 amide bonds. The van der Waals surface area contributed by atoms with E-state index in [2.05, 4.69) is 0 Å². The maximum Gasteiger partial charge on any atom is 0.150 e. The molecule has 0 saturated carbocycles. The molecule has 2 N–H and O–H groups in total. The summed E-state index contributed by atoms with van der Waals surface area (Å²) in [5.41, 5.74) is 7.28. The van der Waals surface area contributed by atoms with Gasteiger partial charge in [-0.25, -0.2) is 0 Å². The second-order valence-electron chi connectivity index (χ2n) is 3.00. The largest absolute Gasteiger partial charge is 0.391 e. The number of nitrogen functional groups attached to an aromatic ring is 1. The van der Waals surface area contributed by atoms with Crippen LogP contribution in [0.3, 0.4) is 0 Å². The van der Waals surface area contributed by atoms with Gasteiger partial charge in [-0.15, -0.1) is 22.9 Å². The third-order valence-corrected chi connectivity index (χ3v) is 3.25. The highest BCUT2D eigenvalue weighted by Crippen LogP contribution is 2.31. The summed E-state index contributed by atoms with van der Waals surface area (Å²) in [5.74, 6) is 0.411. The van der Waals surface area contributed by atoms with Crippen molar-refractivity contribution in [3.8, 4) is 0 Å². The summed E-state index contributed by atoms with van der Waals surface area (Å²) < 4.78 is 1.02. The molecule has 2 aromatic rings. The molecule has 4 heteroatoms. The van der Waals surface area contributed by atoms with E-state index in [9.17, 15) is 4.79 Å². The Morgan fingerprint density at radius 2 is 2.21 bits per heavy atom. The summed E-state index contributed by atoms with van der Waals surface area (Å²) in [6.07, 6.45) is 0.838. The monoisotopic (exact) mass is 225 g/mol. The first-order valence-corrected chi connectivity index (χ1v) is 5.43. The molecule has 72 valence electrons. The highest BCUT2D eigenvalue weighted by atomic mass is 35.5. The fraction of sp³-hybridized carbons (Fsp3) is 0.100. The number of halogens is 1. The molecule has 0 radical (unpaired) electrons. The van der Waals surface area contributed by atoms with Crippen LogP contribution in [0.2, 0.25) is 0 Å². The van der Waals surface area contributed by atoms with Crippen LogP contribution in [-0.2, 0) is 5.88 Å². The topological polar surface area (TPSA) is 43.1 Å². The van der Waals surface area contributed by atoms with Crippen LogP contribution >= 0.6 is 22.9 Å². The zero-order valence-corrected chi connectivity index (χ0v) is 8.86. The lowest BCUT2D eigenvalue weighted by molar-refractivity contribution is 0.112.